The minimum Gasteiger partial charge on any atom is -0.459 e. The highest BCUT2D eigenvalue weighted by Gasteiger charge is 2.25. The van der Waals surface area contributed by atoms with Crippen LogP contribution in [0.3, 0.4) is 0 Å². The summed E-state index contributed by atoms with van der Waals surface area (Å²) in [6, 6.07) is 11.7. The molecule has 2 aromatic heterocycles. The lowest BCUT2D eigenvalue weighted by atomic mass is 9.89. The summed E-state index contributed by atoms with van der Waals surface area (Å²) in [7, 11) is 0. The molecule has 3 heterocycles. The molecule has 4 rings (SSSR count). The lowest BCUT2D eigenvalue weighted by Gasteiger charge is -2.32. The van der Waals surface area contributed by atoms with Crippen molar-refractivity contribution >= 4 is 22.7 Å². The Bertz CT molecular complexity index is 937. The summed E-state index contributed by atoms with van der Waals surface area (Å²) in [5, 5.41) is 4.07. The Labute approximate surface area is 163 Å². The van der Waals surface area contributed by atoms with Crippen LogP contribution in [0.5, 0.6) is 0 Å². The van der Waals surface area contributed by atoms with Crippen molar-refractivity contribution in [2.75, 3.05) is 19.6 Å². The number of hydrogen-bond donors (Lipinski definition) is 2. The number of nitrogens with one attached hydrogen (secondary N) is 2. The van der Waals surface area contributed by atoms with Gasteiger partial charge < -0.3 is 19.6 Å². The molecule has 6 nitrogen and oxygen atoms in total. The van der Waals surface area contributed by atoms with Gasteiger partial charge in [0.05, 0.1) is 6.26 Å². The zero-order valence-corrected chi connectivity index (χ0v) is 15.8. The molecular formula is C22H25N3O3. The van der Waals surface area contributed by atoms with Crippen LogP contribution in [-0.4, -0.2) is 41.3 Å². The third-order valence-electron chi connectivity index (χ3n) is 5.51. The first-order valence-corrected chi connectivity index (χ1v) is 9.88. The Morgan fingerprint density at radius 1 is 1.14 bits per heavy atom. The van der Waals surface area contributed by atoms with Crippen LogP contribution in [0.15, 0.2) is 53.3 Å². The normalized spacial score (nSPS) is 15.1. The van der Waals surface area contributed by atoms with Crippen molar-refractivity contribution in [1.29, 1.82) is 0 Å². The number of carbonyl (C=O) groups excluding carboxylic acids is 2. The average Bonchev–Trinajstić information content (AvgIpc) is 3.41. The fourth-order valence-corrected chi connectivity index (χ4v) is 3.97. The van der Waals surface area contributed by atoms with Gasteiger partial charge in [0.25, 0.3) is 5.91 Å². The van der Waals surface area contributed by atoms with Gasteiger partial charge in [-0.2, -0.15) is 0 Å². The number of aromatic amines is 1. The number of carbonyl (C=O) groups is 2. The number of H-pyrrole nitrogens is 1. The third-order valence-corrected chi connectivity index (χ3v) is 5.51. The molecule has 0 atom stereocenters. The Balaban J connectivity index is 1.21. The number of rotatable bonds is 6. The van der Waals surface area contributed by atoms with Gasteiger partial charge in [0.1, 0.15) is 0 Å². The summed E-state index contributed by atoms with van der Waals surface area (Å²) in [6.07, 6.45) is 6.66. The SMILES string of the molecule is O=C(NCCCC(=O)N1CCC(c2c[nH]c3ccccc23)CC1)c1ccco1. The summed E-state index contributed by atoms with van der Waals surface area (Å²) in [5.74, 6) is 0.722. The number of piperidine rings is 1. The molecule has 2 amide bonds. The van der Waals surface area contributed by atoms with Gasteiger partial charge in [-0.3, -0.25) is 9.59 Å². The van der Waals surface area contributed by atoms with E-state index in [1.54, 1.807) is 12.1 Å². The van der Waals surface area contributed by atoms with Crippen LogP contribution in [0.2, 0.25) is 0 Å². The fourth-order valence-electron chi connectivity index (χ4n) is 3.97. The van der Waals surface area contributed by atoms with E-state index in [1.807, 2.05) is 11.0 Å². The van der Waals surface area contributed by atoms with Crippen LogP contribution in [-0.2, 0) is 4.79 Å². The molecular weight excluding hydrogens is 354 g/mol. The summed E-state index contributed by atoms with van der Waals surface area (Å²) in [4.78, 5) is 29.6. The average molecular weight is 379 g/mol. The number of likely N-dealkylation sites (tertiary alicyclic amines) is 1. The van der Waals surface area contributed by atoms with Crippen LogP contribution < -0.4 is 5.32 Å². The van der Waals surface area contributed by atoms with Crippen LogP contribution in [0, 0.1) is 0 Å². The molecule has 0 saturated carbocycles. The van der Waals surface area contributed by atoms with Crippen molar-refractivity contribution < 1.29 is 14.0 Å². The Morgan fingerprint density at radius 3 is 2.75 bits per heavy atom. The molecule has 1 saturated heterocycles. The molecule has 1 aliphatic heterocycles. The minimum absolute atomic E-state index is 0.171. The predicted molar refractivity (Wildman–Crippen MR) is 107 cm³/mol. The van der Waals surface area contributed by atoms with Gasteiger partial charge in [-0.25, -0.2) is 0 Å². The van der Waals surface area contributed by atoms with Gasteiger partial charge in [0.2, 0.25) is 5.91 Å². The number of aromatic nitrogens is 1. The van der Waals surface area contributed by atoms with E-state index in [9.17, 15) is 9.59 Å². The molecule has 1 aromatic carbocycles. The molecule has 0 radical (unpaired) electrons. The predicted octanol–water partition coefficient (Wildman–Crippen LogP) is 3.68. The molecule has 6 heteroatoms. The first-order valence-electron chi connectivity index (χ1n) is 9.88. The lowest BCUT2D eigenvalue weighted by Crippen LogP contribution is -2.38. The zero-order valence-electron chi connectivity index (χ0n) is 15.8. The number of fused-ring (bicyclic) bond motifs is 1. The second kappa shape index (κ2) is 8.33. The van der Waals surface area contributed by atoms with Crippen molar-refractivity contribution in [1.82, 2.24) is 15.2 Å². The molecule has 2 N–H and O–H groups in total. The van der Waals surface area contributed by atoms with Crippen molar-refractivity contribution in [2.24, 2.45) is 0 Å². The fraction of sp³-hybridized carbons (Fsp3) is 0.364. The van der Waals surface area contributed by atoms with Crippen LogP contribution in [0.25, 0.3) is 10.9 Å². The molecule has 28 heavy (non-hydrogen) atoms. The maximum absolute atomic E-state index is 12.5. The monoisotopic (exact) mass is 379 g/mol. The highest BCUT2D eigenvalue weighted by molar-refractivity contribution is 5.91. The lowest BCUT2D eigenvalue weighted by molar-refractivity contribution is -0.132. The Kier molecular flexibility index (Phi) is 5.46. The first-order chi connectivity index (χ1) is 13.7. The maximum Gasteiger partial charge on any atom is 0.286 e. The highest BCUT2D eigenvalue weighted by atomic mass is 16.3. The maximum atomic E-state index is 12.5. The van der Waals surface area contributed by atoms with E-state index in [1.165, 1.54) is 22.7 Å². The molecule has 0 aliphatic carbocycles. The number of para-hydroxylation sites is 1. The van der Waals surface area contributed by atoms with E-state index in [4.69, 9.17) is 4.42 Å². The first kappa shape index (κ1) is 18.3. The number of hydrogen-bond acceptors (Lipinski definition) is 3. The van der Waals surface area contributed by atoms with Crippen molar-refractivity contribution in [3.8, 4) is 0 Å². The van der Waals surface area contributed by atoms with Gasteiger partial charge >= 0.3 is 0 Å². The van der Waals surface area contributed by atoms with Gasteiger partial charge in [-0.05, 0) is 48.9 Å². The van der Waals surface area contributed by atoms with Gasteiger partial charge in [0.15, 0.2) is 5.76 Å². The summed E-state index contributed by atoms with van der Waals surface area (Å²) in [5.41, 5.74) is 2.54. The van der Waals surface area contributed by atoms with E-state index in [0.717, 1.165) is 25.9 Å². The Hall–Kier alpha value is -3.02. The van der Waals surface area contributed by atoms with Crippen LogP contribution >= 0.6 is 0 Å². The van der Waals surface area contributed by atoms with Gasteiger partial charge in [-0.1, -0.05) is 18.2 Å². The molecule has 0 spiro atoms. The van der Waals surface area contributed by atoms with Crippen molar-refractivity contribution in [3.63, 3.8) is 0 Å². The van der Waals surface area contributed by atoms with E-state index >= 15 is 0 Å². The van der Waals surface area contributed by atoms with Crippen molar-refractivity contribution in [2.45, 2.75) is 31.6 Å². The summed E-state index contributed by atoms with van der Waals surface area (Å²) in [6.45, 7) is 2.06. The highest BCUT2D eigenvalue weighted by Crippen LogP contribution is 2.33. The molecule has 3 aromatic rings. The number of benzene rings is 1. The minimum atomic E-state index is -0.239. The van der Waals surface area contributed by atoms with E-state index in [-0.39, 0.29) is 11.8 Å². The van der Waals surface area contributed by atoms with E-state index in [2.05, 4.69) is 34.7 Å². The summed E-state index contributed by atoms with van der Waals surface area (Å²) >= 11 is 0. The van der Waals surface area contributed by atoms with Gasteiger partial charge in [0, 0.05) is 43.2 Å². The number of nitrogens with zero attached hydrogens (tertiary/aromatic N) is 1. The van der Waals surface area contributed by atoms with Crippen molar-refractivity contribution in [3.05, 3.63) is 60.2 Å². The van der Waals surface area contributed by atoms with E-state index < -0.39 is 0 Å². The smallest absolute Gasteiger partial charge is 0.286 e. The second-order valence-electron chi connectivity index (χ2n) is 7.28. The third kappa shape index (κ3) is 3.96. The zero-order chi connectivity index (χ0) is 19.3. The largest absolute Gasteiger partial charge is 0.459 e. The second-order valence-corrected chi connectivity index (χ2v) is 7.28. The molecule has 0 unspecified atom stereocenters. The van der Waals surface area contributed by atoms with Crippen LogP contribution in [0.1, 0.15) is 47.7 Å². The molecule has 1 fully saturated rings. The molecule has 1 aliphatic rings. The quantitative estimate of drug-likeness (QED) is 0.642. The topological polar surface area (TPSA) is 78.3 Å². The van der Waals surface area contributed by atoms with Crippen LogP contribution in [0.4, 0.5) is 0 Å². The standard InChI is InChI=1S/C22H25N3O3/c26-21(8-3-11-23-22(27)20-7-4-14-28-20)25-12-9-16(10-13-25)18-15-24-19-6-2-1-5-17(18)19/h1-2,4-7,14-16,24H,3,8-13H2,(H,23,27). The Morgan fingerprint density at radius 2 is 1.96 bits per heavy atom. The summed E-state index contributed by atoms with van der Waals surface area (Å²) < 4.78 is 5.05. The van der Waals surface area contributed by atoms with Gasteiger partial charge in [-0.15, -0.1) is 0 Å². The number of furan rings is 1. The number of amides is 2. The van der Waals surface area contributed by atoms with E-state index in [0.29, 0.717) is 31.1 Å². The molecule has 146 valence electrons. The molecule has 0 bridgehead atoms.